The molecule has 0 aromatic rings. The van der Waals surface area contributed by atoms with Crippen LogP contribution in [0.1, 0.15) is 41.0 Å². The first-order valence-electron chi connectivity index (χ1n) is 5.83. The number of amides is 2. The van der Waals surface area contributed by atoms with Crippen LogP contribution < -0.4 is 10.6 Å². The summed E-state index contributed by atoms with van der Waals surface area (Å²) in [6.07, 6.45) is 0.681. The lowest BCUT2D eigenvalue weighted by atomic mass is 10.1. The van der Waals surface area contributed by atoms with Crippen LogP contribution >= 0.6 is 0 Å². The van der Waals surface area contributed by atoms with Gasteiger partial charge in [0.15, 0.2) is 0 Å². The molecule has 0 aromatic heterocycles. The Morgan fingerprint density at radius 2 is 1.62 bits per heavy atom. The SMILES string of the molecule is CC(C)NC(=O)C1CC1C(=O)NC(C)(C)C. The molecule has 0 bridgehead atoms. The molecular weight excluding hydrogens is 204 g/mol. The Hall–Kier alpha value is -1.06. The Kier molecular flexibility index (Phi) is 3.61. The van der Waals surface area contributed by atoms with Crippen molar-refractivity contribution >= 4 is 11.8 Å². The maximum atomic E-state index is 11.7. The third kappa shape index (κ3) is 3.83. The summed E-state index contributed by atoms with van der Waals surface area (Å²) in [5.74, 6) is -0.247. The van der Waals surface area contributed by atoms with Crippen LogP contribution in [-0.4, -0.2) is 23.4 Å². The molecule has 0 heterocycles. The number of nitrogens with one attached hydrogen (secondary N) is 2. The van der Waals surface area contributed by atoms with E-state index in [0.717, 1.165) is 0 Å². The third-order valence-electron chi connectivity index (χ3n) is 2.39. The maximum Gasteiger partial charge on any atom is 0.224 e. The van der Waals surface area contributed by atoms with E-state index in [4.69, 9.17) is 0 Å². The second kappa shape index (κ2) is 4.44. The summed E-state index contributed by atoms with van der Waals surface area (Å²) in [6.45, 7) is 9.67. The zero-order chi connectivity index (χ0) is 12.5. The monoisotopic (exact) mass is 226 g/mol. The topological polar surface area (TPSA) is 58.2 Å². The van der Waals surface area contributed by atoms with Gasteiger partial charge in [0.1, 0.15) is 0 Å². The molecule has 0 radical (unpaired) electrons. The van der Waals surface area contributed by atoms with E-state index in [2.05, 4.69) is 10.6 Å². The van der Waals surface area contributed by atoms with Crippen LogP contribution in [0.2, 0.25) is 0 Å². The fourth-order valence-electron chi connectivity index (χ4n) is 1.63. The van der Waals surface area contributed by atoms with E-state index in [1.807, 2.05) is 34.6 Å². The second-order valence-electron chi connectivity index (χ2n) is 5.85. The van der Waals surface area contributed by atoms with Gasteiger partial charge in [-0.15, -0.1) is 0 Å². The van der Waals surface area contributed by atoms with E-state index in [-0.39, 0.29) is 35.2 Å². The van der Waals surface area contributed by atoms with Gasteiger partial charge in [-0.05, 0) is 41.0 Å². The lowest BCUT2D eigenvalue weighted by Gasteiger charge is -2.20. The normalized spacial score (nSPS) is 24.1. The highest BCUT2D eigenvalue weighted by molar-refractivity contribution is 5.92. The Morgan fingerprint density at radius 1 is 1.12 bits per heavy atom. The standard InChI is InChI=1S/C12H22N2O2/c1-7(2)13-10(15)8-6-9(8)11(16)14-12(3,4)5/h7-9H,6H2,1-5H3,(H,13,15)(H,14,16). The summed E-state index contributed by atoms with van der Waals surface area (Å²) in [7, 11) is 0. The van der Waals surface area contributed by atoms with Crippen LogP contribution in [0.3, 0.4) is 0 Å². The van der Waals surface area contributed by atoms with Crippen molar-refractivity contribution in [3.05, 3.63) is 0 Å². The molecule has 0 saturated heterocycles. The molecule has 2 amide bonds. The quantitative estimate of drug-likeness (QED) is 0.756. The molecule has 1 rings (SSSR count). The average Bonchev–Trinajstić information content (AvgIpc) is 2.76. The highest BCUT2D eigenvalue weighted by Crippen LogP contribution is 2.39. The lowest BCUT2D eigenvalue weighted by molar-refractivity contribution is -0.128. The largest absolute Gasteiger partial charge is 0.354 e. The maximum absolute atomic E-state index is 11.7. The molecular formula is C12H22N2O2. The average molecular weight is 226 g/mol. The van der Waals surface area contributed by atoms with Crippen LogP contribution in [0, 0.1) is 11.8 Å². The van der Waals surface area contributed by atoms with E-state index < -0.39 is 0 Å². The van der Waals surface area contributed by atoms with Crippen LogP contribution in [0.5, 0.6) is 0 Å². The number of rotatable bonds is 3. The lowest BCUT2D eigenvalue weighted by Crippen LogP contribution is -2.42. The Labute approximate surface area is 97.2 Å². The van der Waals surface area contributed by atoms with Gasteiger partial charge in [-0.1, -0.05) is 0 Å². The Morgan fingerprint density at radius 3 is 2.06 bits per heavy atom. The highest BCUT2D eigenvalue weighted by atomic mass is 16.2. The van der Waals surface area contributed by atoms with Crippen molar-refractivity contribution in [2.24, 2.45) is 11.8 Å². The fourth-order valence-corrected chi connectivity index (χ4v) is 1.63. The van der Waals surface area contributed by atoms with Crippen molar-refractivity contribution in [3.8, 4) is 0 Å². The fraction of sp³-hybridized carbons (Fsp3) is 0.833. The van der Waals surface area contributed by atoms with Crippen molar-refractivity contribution in [1.82, 2.24) is 10.6 Å². The van der Waals surface area contributed by atoms with Gasteiger partial charge < -0.3 is 10.6 Å². The molecule has 16 heavy (non-hydrogen) atoms. The molecule has 4 heteroatoms. The van der Waals surface area contributed by atoms with E-state index in [0.29, 0.717) is 6.42 Å². The number of carbonyl (C=O) groups is 2. The van der Waals surface area contributed by atoms with Gasteiger partial charge in [-0.3, -0.25) is 9.59 Å². The Balaban J connectivity index is 2.39. The van der Waals surface area contributed by atoms with Crippen molar-refractivity contribution in [2.75, 3.05) is 0 Å². The van der Waals surface area contributed by atoms with E-state index in [1.165, 1.54) is 0 Å². The predicted octanol–water partition coefficient (Wildman–Crippen LogP) is 1.06. The molecule has 1 saturated carbocycles. The molecule has 92 valence electrons. The highest BCUT2D eigenvalue weighted by Gasteiger charge is 2.48. The van der Waals surface area contributed by atoms with Crippen LogP contribution in [-0.2, 0) is 9.59 Å². The van der Waals surface area contributed by atoms with Gasteiger partial charge >= 0.3 is 0 Å². The molecule has 2 unspecified atom stereocenters. The first kappa shape index (κ1) is 13.0. The van der Waals surface area contributed by atoms with Crippen molar-refractivity contribution in [2.45, 2.75) is 52.6 Å². The third-order valence-corrected chi connectivity index (χ3v) is 2.39. The molecule has 0 spiro atoms. The minimum atomic E-state index is -0.223. The zero-order valence-corrected chi connectivity index (χ0v) is 10.8. The molecule has 0 aromatic carbocycles. The first-order chi connectivity index (χ1) is 7.20. The predicted molar refractivity (Wildman–Crippen MR) is 62.8 cm³/mol. The molecule has 2 atom stereocenters. The van der Waals surface area contributed by atoms with Gasteiger partial charge in [0.2, 0.25) is 11.8 Å². The number of hydrogen-bond donors (Lipinski definition) is 2. The molecule has 0 aliphatic heterocycles. The minimum absolute atomic E-state index is 0.00333. The van der Waals surface area contributed by atoms with Crippen LogP contribution in [0.4, 0.5) is 0 Å². The summed E-state index contributed by atoms with van der Waals surface area (Å²) in [5.41, 5.74) is -0.223. The van der Waals surface area contributed by atoms with E-state index in [1.54, 1.807) is 0 Å². The zero-order valence-electron chi connectivity index (χ0n) is 10.8. The van der Waals surface area contributed by atoms with Crippen LogP contribution in [0.25, 0.3) is 0 Å². The van der Waals surface area contributed by atoms with Gasteiger partial charge in [-0.25, -0.2) is 0 Å². The van der Waals surface area contributed by atoms with Crippen molar-refractivity contribution in [1.29, 1.82) is 0 Å². The molecule has 1 fully saturated rings. The minimum Gasteiger partial charge on any atom is -0.354 e. The Bertz CT molecular complexity index is 292. The molecule has 2 N–H and O–H groups in total. The number of hydrogen-bond acceptors (Lipinski definition) is 2. The summed E-state index contributed by atoms with van der Waals surface area (Å²) in [5, 5.41) is 5.73. The number of carbonyl (C=O) groups excluding carboxylic acids is 2. The summed E-state index contributed by atoms with van der Waals surface area (Å²) in [6, 6.07) is 0.138. The molecule has 4 nitrogen and oxygen atoms in total. The first-order valence-corrected chi connectivity index (χ1v) is 5.83. The van der Waals surface area contributed by atoms with Gasteiger partial charge in [-0.2, -0.15) is 0 Å². The summed E-state index contributed by atoms with van der Waals surface area (Å²) >= 11 is 0. The van der Waals surface area contributed by atoms with Gasteiger partial charge in [0.25, 0.3) is 0 Å². The van der Waals surface area contributed by atoms with E-state index in [9.17, 15) is 9.59 Å². The van der Waals surface area contributed by atoms with Gasteiger partial charge in [0, 0.05) is 11.6 Å². The summed E-state index contributed by atoms with van der Waals surface area (Å²) < 4.78 is 0. The van der Waals surface area contributed by atoms with Crippen LogP contribution in [0.15, 0.2) is 0 Å². The smallest absolute Gasteiger partial charge is 0.224 e. The van der Waals surface area contributed by atoms with Crippen molar-refractivity contribution in [3.63, 3.8) is 0 Å². The molecule has 1 aliphatic rings. The van der Waals surface area contributed by atoms with Gasteiger partial charge in [0.05, 0.1) is 11.8 Å². The molecule has 1 aliphatic carbocycles. The second-order valence-corrected chi connectivity index (χ2v) is 5.85. The van der Waals surface area contributed by atoms with Crippen molar-refractivity contribution < 1.29 is 9.59 Å². The summed E-state index contributed by atoms with van der Waals surface area (Å²) in [4.78, 5) is 23.3. The van der Waals surface area contributed by atoms with E-state index >= 15 is 0 Å².